The second-order valence-corrected chi connectivity index (χ2v) is 15.8. The molecule has 3 atom stereocenters. The van der Waals surface area contributed by atoms with Crippen LogP contribution in [0.25, 0.3) is 0 Å². The van der Waals surface area contributed by atoms with E-state index >= 15 is 0 Å². The van der Waals surface area contributed by atoms with Gasteiger partial charge in [-0.2, -0.15) is 0 Å². The Morgan fingerprint density at radius 2 is 0.963 bits per heavy atom. The van der Waals surface area contributed by atoms with Gasteiger partial charge in [-0.1, -0.05) is 186 Å². The number of hydrogen-bond acceptors (Lipinski definition) is 5. The first-order chi connectivity index (χ1) is 26.5. The summed E-state index contributed by atoms with van der Waals surface area (Å²) >= 11 is 0. The van der Waals surface area contributed by atoms with Crippen LogP contribution in [0.5, 0.6) is 0 Å². The zero-order chi connectivity index (χ0) is 39.6. The van der Waals surface area contributed by atoms with Crippen LogP contribution in [0.3, 0.4) is 0 Å². The minimum atomic E-state index is -0.789. The molecule has 0 spiro atoms. The van der Waals surface area contributed by atoms with Crippen molar-refractivity contribution in [2.45, 2.75) is 251 Å². The van der Waals surface area contributed by atoms with Crippen molar-refractivity contribution in [3.8, 4) is 0 Å². The molecule has 3 N–H and O–H groups in total. The lowest BCUT2D eigenvalue weighted by atomic mass is 10.0. The molecule has 1 amide bonds. The van der Waals surface area contributed by atoms with Gasteiger partial charge in [0.25, 0.3) is 0 Å². The number of nitrogens with one attached hydrogen (secondary N) is 1. The number of rotatable bonds is 41. The lowest BCUT2D eigenvalue weighted by Crippen LogP contribution is -2.46. The quantitative estimate of drug-likeness (QED) is 0.0250. The van der Waals surface area contributed by atoms with Crippen molar-refractivity contribution < 1.29 is 24.5 Å². The van der Waals surface area contributed by atoms with Gasteiger partial charge in [0.15, 0.2) is 0 Å². The van der Waals surface area contributed by atoms with Gasteiger partial charge in [0, 0.05) is 6.42 Å². The number of hydrogen-bond donors (Lipinski definition) is 3. The number of ether oxygens (including phenoxy) is 1. The molecular formula is C48H89NO5. The van der Waals surface area contributed by atoms with E-state index in [9.17, 15) is 19.8 Å². The smallest absolute Gasteiger partial charge is 0.306 e. The molecule has 54 heavy (non-hydrogen) atoms. The number of carbonyl (C=O) groups is 2. The maximum absolute atomic E-state index is 13.1. The van der Waals surface area contributed by atoms with E-state index in [0.29, 0.717) is 19.3 Å². The molecule has 0 fully saturated rings. The third kappa shape index (κ3) is 37.0. The Morgan fingerprint density at radius 3 is 1.54 bits per heavy atom. The summed E-state index contributed by atoms with van der Waals surface area (Å²) in [5, 5.41) is 23.6. The third-order valence-electron chi connectivity index (χ3n) is 10.5. The third-order valence-corrected chi connectivity index (χ3v) is 10.5. The van der Waals surface area contributed by atoms with Crippen molar-refractivity contribution in [3.63, 3.8) is 0 Å². The van der Waals surface area contributed by atoms with Gasteiger partial charge in [-0.3, -0.25) is 9.59 Å². The number of aliphatic hydroxyl groups excluding tert-OH is 2. The minimum absolute atomic E-state index is 0.0629. The standard InChI is InChI=1S/C48H89NO5/c1-4-7-10-13-16-19-21-22-23-24-26-29-32-35-38-41-48(53)54-44(39-36-33-30-27-18-15-12-9-6-3)42-47(52)49-45(43-50)46(51)40-37-34-31-28-25-20-17-14-11-8-5-2/h15-16,18-19,21-22,44-46,50-51H,4-14,17,20,23-43H2,1-3H3,(H,49,52)/b18-15-,19-16+,22-21+. The lowest BCUT2D eigenvalue weighted by molar-refractivity contribution is -0.151. The Kier molecular flexibility index (Phi) is 40.7. The first kappa shape index (κ1) is 52.1. The predicted molar refractivity (Wildman–Crippen MR) is 232 cm³/mol. The van der Waals surface area contributed by atoms with Crippen molar-refractivity contribution in [1.29, 1.82) is 0 Å². The highest BCUT2D eigenvalue weighted by molar-refractivity contribution is 5.77. The normalized spacial score (nSPS) is 13.6. The predicted octanol–water partition coefficient (Wildman–Crippen LogP) is 13.3. The molecule has 0 aromatic rings. The fraction of sp³-hybridized carbons (Fsp3) is 0.833. The van der Waals surface area contributed by atoms with Gasteiger partial charge in [-0.15, -0.1) is 0 Å². The van der Waals surface area contributed by atoms with Crippen molar-refractivity contribution in [1.82, 2.24) is 5.32 Å². The van der Waals surface area contributed by atoms with Gasteiger partial charge >= 0.3 is 5.97 Å². The van der Waals surface area contributed by atoms with Crippen molar-refractivity contribution in [3.05, 3.63) is 36.5 Å². The Labute approximate surface area is 334 Å². The number of amides is 1. The fourth-order valence-electron chi connectivity index (χ4n) is 6.87. The Balaban J connectivity index is 4.54. The molecule has 0 radical (unpaired) electrons. The number of aliphatic hydroxyl groups is 2. The van der Waals surface area contributed by atoms with E-state index < -0.39 is 18.2 Å². The molecule has 3 unspecified atom stereocenters. The molecule has 316 valence electrons. The molecule has 0 aliphatic carbocycles. The molecule has 6 nitrogen and oxygen atoms in total. The first-order valence-electron chi connectivity index (χ1n) is 23.2. The van der Waals surface area contributed by atoms with Crippen LogP contribution in [-0.4, -0.2) is 46.9 Å². The average molecular weight is 760 g/mol. The van der Waals surface area contributed by atoms with Crippen molar-refractivity contribution in [2.24, 2.45) is 0 Å². The van der Waals surface area contributed by atoms with Gasteiger partial charge in [0.2, 0.25) is 5.91 Å². The van der Waals surface area contributed by atoms with Crippen LogP contribution in [0.2, 0.25) is 0 Å². The summed E-state index contributed by atoms with van der Waals surface area (Å²) in [5.41, 5.74) is 0. The second-order valence-electron chi connectivity index (χ2n) is 15.8. The molecule has 0 bridgehead atoms. The van der Waals surface area contributed by atoms with E-state index in [0.717, 1.165) is 77.0 Å². The van der Waals surface area contributed by atoms with Crippen LogP contribution in [0.4, 0.5) is 0 Å². The van der Waals surface area contributed by atoms with Gasteiger partial charge in [-0.05, 0) is 70.6 Å². The van der Waals surface area contributed by atoms with Gasteiger partial charge in [-0.25, -0.2) is 0 Å². The van der Waals surface area contributed by atoms with E-state index in [-0.39, 0.29) is 24.9 Å². The zero-order valence-electron chi connectivity index (χ0n) is 35.9. The highest BCUT2D eigenvalue weighted by atomic mass is 16.5. The summed E-state index contributed by atoms with van der Waals surface area (Å²) in [5.74, 6) is -0.503. The summed E-state index contributed by atoms with van der Waals surface area (Å²) < 4.78 is 5.88. The van der Waals surface area contributed by atoms with Crippen LogP contribution in [0.1, 0.15) is 233 Å². The molecule has 6 heteroatoms. The van der Waals surface area contributed by atoms with Crippen molar-refractivity contribution >= 4 is 11.9 Å². The minimum Gasteiger partial charge on any atom is -0.462 e. The Morgan fingerprint density at radius 1 is 0.537 bits per heavy atom. The van der Waals surface area contributed by atoms with Crippen LogP contribution in [0, 0.1) is 0 Å². The Hall–Kier alpha value is -1.92. The van der Waals surface area contributed by atoms with E-state index in [4.69, 9.17) is 4.74 Å². The maximum Gasteiger partial charge on any atom is 0.306 e. The molecule has 0 aliphatic rings. The number of unbranched alkanes of at least 4 members (excludes halogenated alkanes) is 24. The van der Waals surface area contributed by atoms with Gasteiger partial charge in [0.05, 0.1) is 25.2 Å². The van der Waals surface area contributed by atoms with Crippen LogP contribution >= 0.6 is 0 Å². The van der Waals surface area contributed by atoms with Crippen LogP contribution in [0.15, 0.2) is 36.5 Å². The second kappa shape index (κ2) is 42.2. The molecule has 0 saturated heterocycles. The number of esters is 1. The van der Waals surface area contributed by atoms with Gasteiger partial charge in [0.1, 0.15) is 6.10 Å². The SMILES string of the molecule is CCCC/C=C\CCCCCC(CC(=O)NC(CO)C(O)CCCCCCCCCCCCC)OC(=O)CCCCCCCC/C=C/C=C/CCCCC. The summed E-state index contributed by atoms with van der Waals surface area (Å²) in [6.45, 7) is 6.38. The summed E-state index contributed by atoms with van der Waals surface area (Å²) in [6, 6.07) is -0.704. The maximum atomic E-state index is 13.1. The number of allylic oxidation sites excluding steroid dienone is 6. The first-order valence-corrected chi connectivity index (χ1v) is 23.2. The molecule has 0 saturated carbocycles. The molecule has 0 heterocycles. The average Bonchev–Trinajstić information content (AvgIpc) is 3.16. The Bertz CT molecular complexity index is 900. The largest absolute Gasteiger partial charge is 0.462 e. The molecule has 0 aromatic carbocycles. The summed E-state index contributed by atoms with van der Waals surface area (Å²) in [6.07, 6.45) is 47.7. The van der Waals surface area contributed by atoms with E-state index in [1.54, 1.807) is 0 Å². The molecule has 0 aromatic heterocycles. The summed E-state index contributed by atoms with van der Waals surface area (Å²) in [7, 11) is 0. The van der Waals surface area contributed by atoms with E-state index in [1.165, 1.54) is 109 Å². The van der Waals surface area contributed by atoms with Crippen molar-refractivity contribution in [2.75, 3.05) is 6.61 Å². The lowest BCUT2D eigenvalue weighted by Gasteiger charge is -2.24. The molecule has 0 aliphatic heterocycles. The molecule has 0 rings (SSSR count). The van der Waals surface area contributed by atoms with E-state index in [2.05, 4.69) is 62.5 Å². The number of carbonyl (C=O) groups excluding carboxylic acids is 2. The molecular weight excluding hydrogens is 671 g/mol. The van der Waals surface area contributed by atoms with Crippen LogP contribution in [-0.2, 0) is 14.3 Å². The van der Waals surface area contributed by atoms with Gasteiger partial charge < -0.3 is 20.3 Å². The summed E-state index contributed by atoms with van der Waals surface area (Å²) in [4.78, 5) is 25.9. The highest BCUT2D eigenvalue weighted by Crippen LogP contribution is 2.17. The monoisotopic (exact) mass is 760 g/mol. The topological polar surface area (TPSA) is 95.9 Å². The highest BCUT2D eigenvalue weighted by Gasteiger charge is 2.24. The van der Waals surface area contributed by atoms with E-state index in [1.807, 2.05) is 0 Å². The fourth-order valence-corrected chi connectivity index (χ4v) is 6.87. The van der Waals surface area contributed by atoms with Crippen LogP contribution < -0.4 is 5.32 Å². The zero-order valence-corrected chi connectivity index (χ0v) is 35.9.